The van der Waals surface area contributed by atoms with Crippen LogP contribution >= 0.6 is 23.6 Å². The second-order valence-corrected chi connectivity index (χ2v) is 5.90. The summed E-state index contributed by atoms with van der Waals surface area (Å²) in [6.45, 7) is 1.47. The Morgan fingerprint density at radius 2 is 1.92 bits per heavy atom. The Labute approximate surface area is 146 Å². The Morgan fingerprint density at radius 3 is 2.54 bits per heavy atom. The van der Waals surface area contributed by atoms with Gasteiger partial charge in [-0.1, -0.05) is 12.1 Å². The lowest BCUT2D eigenvalue weighted by Crippen LogP contribution is -2.48. The number of thiocarbonyl (C=S) groups is 1. The predicted molar refractivity (Wildman–Crippen MR) is 92.8 cm³/mol. The summed E-state index contributed by atoms with van der Waals surface area (Å²) in [5.41, 5.74) is 4.93. The molecule has 0 saturated heterocycles. The van der Waals surface area contributed by atoms with Gasteiger partial charge in [0.1, 0.15) is 0 Å². The molecule has 1 aromatic heterocycles. The lowest BCUT2D eigenvalue weighted by molar-refractivity contribution is -0.385. The van der Waals surface area contributed by atoms with Crippen molar-refractivity contribution in [3.8, 4) is 0 Å². The molecule has 3 N–H and O–H groups in total. The van der Waals surface area contributed by atoms with Crippen LogP contribution in [0.5, 0.6) is 0 Å². The number of rotatable bonds is 3. The van der Waals surface area contributed by atoms with Crippen molar-refractivity contribution < 1.29 is 14.5 Å². The van der Waals surface area contributed by atoms with E-state index in [9.17, 15) is 19.7 Å². The van der Waals surface area contributed by atoms with E-state index in [1.54, 1.807) is 17.5 Å². The summed E-state index contributed by atoms with van der Waals surface area (Å²) in [5, 5.41) is 14.9. The van der Waals surface area contributed by atoms with Crippen LogP contribution < -0.4 is 16.2 Å². The molecule has 0 radical (unpaired) electrons. The lowest BCUT2D eigenvalue weighted by Gasteiger charge is -2.11. The maximum absolute atomic E-state index is 12.2. The number of thiophene rings is 1. The number of nitro benzene ring substituents is 1. The van der Waals surface area contributed by atoms with Crippen molar-refractivity contribution in [2.24, 2.45) is 0 Å². The van der Waals surface area contributed by atoms with Crippen molar-refractivity contribution in [2.75, 3.05) is 0 Å². The molecule has 0 aliphatic rings. The highest BCUT2D eigenvalue weighted by atomic mass is 32.1. The minimum Gasteiger partial charge on any atom is -0.298 e. The van der Waals surface area contributed by atoms with E-state index in [4.69, 9.17) is 12.2 Å². The van der Waals surface area contributed by atoms with Gasteiger partial charge in [-0.05, 0) is 36.7 Å². The number of hydrogen-bond acceptors (Lipinski definition) is 6. The highest BCUT2D eigenvalue weighted by molar-refractivity contribution is 7.80. The molecule has 0 saturated carbocycles. The molecule has 0 atom stereocenters. The van der Waals surface area contributed by atoms with Gasteiger partial charge >= 0.3 is 0 Å². The first-order valence-corrected chi connectivity index (χ1v) is 7.88. The minimum atomic E-state index is -0.612. The molecular weight excluding hydrogens is 352 g/mol. The summed E-state index contributed by atoms with van der Waals surface area (Å²) in [4.78, 5) is 34.7. The third-order valence-corrected chi connectivity index (χ3v) is 4.08. The Bertz CT molecular complexity index is 805. The number of carbonyl (C=O) groups excluding carboxylic acids is 2. The minimum absolute atomic E-state index is 0.123. The number of hydrogen-bond donors (Lipinski definition) is 3. The standard InChI is InChI=1S/C14H12N4O4S2/c1-8-9(4-2-5-10(8)18(21)22)12(19)15-14(23)17-16-13(20)11-6-3-7-24-11/h2-7H,1H3,(H,16,20)(H2,15,17,19,23). The van der Waals surface area contributed by atoms with Crippen molar-refractivity contribution in [1.29, 1.82) is 0 Å². The topological polar surface area (TPSA) is 113 Å². The van der Waals surface area contributed by atoms with Crippen molar-refractivity contribution in [3.63, 3.8) is 0 Å². The number of benzene rings is 1. The van der Waals surface area contributed by atoms with Crippen LogP contribution in [0.3, 0.4) is 0 Å². The molecule has 0 bridgehead atoms. The summed E-state index contributed by atoms with van der Waals surface area (Å²) in [7, 11) is 0. The van der Waals surface area contributed by atoms with Crippen LogP contribution in [-0.4, -0.2) is 21.9 Å². The molecule has 1 heterocycles. The largest absolute Gasteiger partial charge is 0.298 e. The second-order valence-electron chi connectivity index (χ2n) is 4.55. The van der Waals surface area contributed by atoms with E-state index >= 15 is 0 Å². The summed E-state index contributed by atoms with van der Waals surface area (Å²) < 4.78 is 0. The molecule has 2 rings (SSSR count). The highest BCUT2D eigenvalue weighted by Crippen LogP contribution is 2.20. The first kappa shape index (κ1) is 17.5. The van der Waals surface area contributed by atoms with E-state index in [0.29, 0.717) is 4.88 Å². The molecule has 24 heavy (non-hydrogen) atoms. The number of nitrogens with zero attached hydrogens (tertiary/aromatic N) is 1. The van der Waals surface area contributed by atoms with Gasteiger partial charge < -0.3 is 0 Å². The Morgan fingerprint density at radius 1 is 1.17 bits per heavy atom. The second kappa shape index (κ2) is 7.62. The van der Waals surface area contributed by atoms with E-state index in [0.717, 1.165) is 0 Å². The Hall–Kier alpha value is -2.85. The van der Waals surface area contributed by atoms with Gasteiger partial charge in [0.25, 0.3) is 17.5 Å². The Balaban J connectivity index is 1.97. The third kappa shape index (κ3) is 4.12. The first-order chi connectivity index (χ1) is 11.4. The van der Waals surface area contributed by atoms with Crippen molar-refractivity contribution in [2.45, 2.75) is 6.92 Å². The zero-order valence-electron chi connectivity index (χ0n) is 12.4. The molecule has 0 spiro atoms. The van der Waals surface area contributed by atoms with Gasteiger partial charge in [-0.25, -0.2) is 0 Å². The molecule has 0 unspecified atom stereocenters. The molecule has 0 fully saturated rings. The third-order valence-electron chi connectivity index (χ3n) is 3.01. The van der Waals surface area contributed by atoms with Crippen LogP contribution in [0.15, 0.2) is 35.7 Å². The van der Waals surface area contributed by atoms with Gasteiger partial charge in [-0.3, -0.25) is 35.9 Å². The maximum Gasteiger partial charge on any atom is 0.279 e. The summed E-state index contributed by atoms with van der Waals surface area (Å²) in [6.07, 6.45) is 0. The summed E-state index contributed by atoms with van der Waals surface area (Å²) in [5.74, 6) is -1.01. The monoisotopic (exact) mass is 364 g/mol. The van der Waals surface area contributed by atoms with E-state index < -0.39 is 16.7 Å². The van der Waals surface area contributed by atoms with Gasteiger partial charge in [0, 0.05) is 17.2 Å². The average Bonchev–Trinajstić information content (AvgIpc) is 3.06. The van der Waals surface area contributed by atoms with Crippen LogP contribution in [0.25, 0.3) is 0 Å². The number of nitrogens with one attached hydrogen (secondary N) is 3. The maximum atomic E-state index is 12.2. The van der Waals surface area contributed by atoms with Crippen LogP contribution in [0.2, 0.25) is 0 Å². The van der Waals surface area contributed by atoms with Gasteiger partial charge in [-0.2, -0.15) is 0 Å². The average molecular weight is 364 g/mol. The number of hydrazine groups is 1. The van der Waals surface area contributed by atoms with E-state index in [1.807, 2.05) is 0 Å². The van der Waals surface area contributed by atoms with Crippen molar-refractivity contribution >= 4 is 46.2 Å². The van der Waals surface area contributed by atoms with Gasteiger partial charge in [0.2, 0.25) is 0 Å². The molecule has 2 amide bonds. The SMILES string of the molecule is Cc1c(C(=O)NC(=S)NNC(=O)c2cccs2)cccc1[N+](=O)[O-]. The number of carbonyl (C=O) groups is 2. The van der Waals surface area contributed by atoms with Gasteiger partial charge in [0.15, 0.2) is 5.11 Å². The van der Waals surface area contributed by atoms with Gasteiger partial charge in [-0.15, -0.1) is 11.3 Å². The summed E-state index contributed by atoms with van der Waals surface area (Å²) in [6, 6.07) is 7.53. The van der Waals surface area contributed by atoms with Gasteiger partial charge in [0.05, 0.1) is 9.80 Å². The van der Waals surface area contributed by atoms with E-state index in [1.165, 1.54) is 36.5 Å². The molecular formula is C14H12N4O4S2. The molecule has 124 valence electrons. The number of amides is 2. The zero-order chi connectivity index (χ0) is 17.7. The predicted octanol–water partition coefficient (Wildman–Crippen LogP) is 1.91. The van der Waals surface area contributed by atoms with E-state index in [2.05, 4.69) is 16.2 Å². The number of nitro groups is 1. The molecule has 8 nitrogen and oxygen atoms in total. The molecule has 10 heteroatoms. The molecule has 2 aromatic rings. The van der Waals surface area contributed by atoms with Crippen molar-refractivity contribution in [1.82, 2.24) is 16.2 Å². The highest BCUT2D eigenvalue weighted by Gasteiger charge is 2.18. The fourth-order valence-electron chi connectivity index (χ4n) is 1.85. The van der Waals surface area contributed by atoms with Crippen LogP contribution in [0.1, 0.15) is 25.6 Å². The quantitative estimate of drug-likeness (QED) is 0.436. The van der Waals surface area contributed by atoms with Crippen LogP contribution in [-0.2, 0) is 0 Å². The van der Waals surface area contributed by atoms with Crippen molar-refractivity contribution in [3.05, 3.63) is 61.8 Å². The smallest absolute Gasteiger partial charge is 0.279 e. The summed E-state index contributed by atoms with van der Waals surface area (Å²) >= 11 is 6.17. The molecule has 0 aliphatic carbocycles. The van der Waals surface area contributed by atoms with Crippen LogP contribution in [0.4, 0.5) is 5.69 Å². The normalized spacial score (nSPS) is 9.88. The lowest BCUT2D eigenvalue weighted by atomic mass is 10.1. The molecule has 1 aromatic carbocycles. The van der Waals surface area contributed by atoms with E-state index in [-0.39, 0.29) is 21.9 Å². The first-order valence-electron chi connectivity index (χ1n) is 6.59. The fraction of sp³-hybridized carbons (Fsp3) is 0.0714. The van der Waals surface area contributed by atoms with Crippen LogP contribution in [0, 0.1) is 17.0 Å². The Kier molecular flexibility index (Phi) is 5.55. The fourth-order valence-corrected chi connectivity index (χ4v) is 2.61. The molecule has 0 aliphatic heterocycles. The zero-order valence-corrected chi connectivity index (χ0v) is 14.0.